The number of benzene rings is 8. The third-order valence-electron chi connectivity index (χ3n) is 13.6. The molecule has 0 bridgehead atoms. The highest BCUT2D eigenvalue weighted by molar-refractivity contribution is 7.26. The second-order valence-corrected chi connectivity index (χ2v) is 18.3. The first-order chi connectivity index (χ1) is 29.4. The molecule has 0 radical (unpaired) electrons. The predicted octanol–water partition coefficient (Wildman–Crippen LogP) is 16.5. The van der Waals surface area contributed by atoms with Gasteiger partial charge in [-0.2, -0.15) is 0 Å². The summed E-state index contributed by atoms with van der Waals surface area (Å²) in [6.07, 6.45) is 7.38. The van der Waals surface area contributed by atoms with Crippen LogP contribution in [-0.4, -0.2) is 0 Å². The minimum absolute atomic E-state index is 0.0533. The second kappa shape index (κ2) is 12.5. The van der Waals surface area contributed by atoms with E-state index in [-0.39, 0.29) is 5.41 Å². The van der Waals surface area contributed by atoms with E-state index in [9.17, 15) is 0 Å². The largest absolute Gasteiger partial charge is 0.456 e. The fourth-order valence-electron chi connectivity index (χ4n) is 10.5. The molecule has 0 saturated heterocycles. The highest BCUT2D eigenvalue weighted by Gasteiger charge is 2.46. The van der Waals surface area contributed by atoms with Crippen molar-refractivity contribution in [3.05, 3.63) is 199 Å². The number of hydrogen-bond donors (Lipinski definition) is 0. The van der Waals surface area contributed by atoms with E-state index in [2.05, 4.69) is 196 Å². The van der Waals surface area contributed by atoms with Gasteiger partial charge in [0.15, 0.2) is 0 Å². The van der Waals surface area contributed by atoms with Crippen LogP contribution in [-0.2, 0) is 5.41 Å². The molecule has 3 aromatic heterocycles. The molecule has 3 heteroatoms. The van der Waals surface area contributed by atoms with Gasteiger partial charge in [-0.1, -0.05) is 135 Å². The molecule has 3 heterocycles. The van der Waals surface area contributed by atoms with E-state index in [1.807, 2.05) is 11.3 Å². The smallest absolute Gasteiger partial charge is 0.135 e. The van der Waals surface area contributed by atoms with E-state index in [1.165, 1.54) is 75.8 Å². The van der Waals surface area contributed by atoms with Crippen molar-refractivity contribution in [1.82, 2.24) is 0 Å². The normalized spacial score (nSPS) is 17.0. The summed E-state index contributed by atoms with van der Waals surface area (Å²) in [5.74, 6) is 0.689. The number of furan rings is 2. The van der Waals surface area contributed by atoms with Crippen molar-refractivity contribution in [3.63, 3.8) is 0 Å². The molecule has 11 aromatic rings. The Morgan fingerprint density at radius 3 is 1.50 bits per heavy atom. The van der Waals surface area contributed by atoms with E-state index < -0.39 is 0 Å². The quantitative estimate of drug-likeness (QED) is 0.178. The van der Waals surface area contributed by atoms with Crippen LogP contribution in [0.15, 0.2) is 191 Å². The third-order valence-corrected chi connectivity index (χ3v) is 14.8. The van der Waals surface area contributed by atoms with E-state index in [0.717, 1.165) is 43.9 Å². The number of thiophene rings is 1. The van der Waals surface area contributed by atoms with Crippen LogP contribution in [0, 0.1) is 5.92 Å². The summed E-state index contributed by atoms with van der Waals surface area (Å²) in [5, 5.41) is 7.29. The Labute approximate surface area is 351 Å². The molecule has 0 saturated carbocycles. The fourth-order valence-corrected chi connectivity index (χ4v) is 11.9. The van der Waals surface area contributed by atoms with Crippen molar-refractivity contribution in [1.29, 1.82) is 0 Å². The fraction of sp³-hybridized carbons (Fsp3) is 0.0877. The maximum absolute atomic E-state index is 6.34. The Kier molecular flexibility index (Phi) is 7.10. The first-order valence-corrected chi connectivity index (χ1v) is 21.7. The van der Waals surface area contributed by atoms with E-state index in [1.54, 1.807) is 0 Å². The van der Waals surface area contributed by atoms with Gasteiger partial charge < -0.3 is 8.83 Å². The Morgan fingerprint density at radius 2 is 0.933 bits per heavy atom. The van der Waals surface area contributed by atoms with Gasteiger partial charge in [0.25, 0.3) is 0 Å². The Bertz CT molecular complexity index is 3630. The lowest BCUT2D eigenvalue weighted by atomic mass is 9.72. The molecule has 2 unspecified atom stereocenters. The minimum Gasteiger partial charge on any atom is -0.456 e. The van der Waals surface area contributed by atoms with E-state index in [4.69, 9.17) is 8.83 Å². The summed E-state index contributed by atoms with van der Waals surface area (Å²) in [6, 6.07) is 59.4. The standard InChI is InChI=1S/C57H38O2S/c1-57(2)49-32-40(38-17-25-53-47(30-38)45-28-36(15-23-51(45)59-53)34-11-7-4-8-12-34)13-19-41(49)42-20-21-43-48-31-39(18-26-54(48)60-56(43)55(42)57)37-16-24-52-46(29-37)44-27-35(14-22-50(44)58-52)33-9-5-3-6-10-33/h3-32,41,49H,1-2H3. The SMILES string of the molecule is CC1(C)c2c(ccc3c2sc2ccc(-c4ccc5oc6ccc(-c7ccccc7)cc6c5c4)cc23)C2C=CC(c3ccc4oc5ccc(-c6ccccc6)cc5c4c3)=CC21. The molecule has 0 spiro atoms. The van der Waals surface area contributed by atoms with Crippen LogP contribution in [0.3, 0.4) is 0 Å². The Balaban J connectivity index is 0.867. The molecule has 8 aromatic carbocycles. The monoisotopic (exact) mass is 786 g/mol. The van der Waals surface area contributed by atoms with Gasteiger partial charge in [0, 0.05) is 47.6 Å². The average Bonchev–Trinajstić information content (AvgIpc) is 4.03. The predicted molar refractivity (Wildman–Crippen MR) is 253 cm³/mol. The average molecular weight is 787 g/mol. The summed E-state index contributed by atoms with van der Waals surface area (Å²) in [7, 11) is 0. The molecule has 0 amide bonds. The van der Waals surface area contributed by atoms with Crippen molar-refractivity contribution < 1.29 is 8.83 Å². The highest BCUT2D eigenvalue weighted by Crippen LogP contribution is 2.58. The summed E-state index contributed by atoms with van der Waals surface area (Å²) < 4.78 is 15.4. The zero-order chi connectivity index (χ0) is 39.7. The van der Waals surface area contributed by atoms with Crippen LogP contribution in [0.25, 0.3) is 103 Å². The maximum Gasteiger partial charge on any atom is 0.135 e. The molecule has 0 fully saturated rings. The van der Waals surface area contributed by atoms with Gasteiger partial charge in [-0.15, -0.1) is 11.3 Å². The van der Waals surface area contributed by atoms with Crippen LogP contribution in [0.5, 0.6) is 0 Å². The molecule has 2 nitrogen and oxygen atoms in total. The molecular weight excluding hydrogens is 749 g/mol. The van der Waals surface area contributed by atoms with Crippen molar-refractivity contribution >= 4 is 81.0 Å². The van der Waals surface area contributed by atoms with E-state index in [0.29, 0.717) is 11.8 Å². The lowest BCUT2D eigenvalue weighted by Gasteiger charge is -2.31. The van der Waals surface area contributed by atoms with E-state index >= 15 is 0 Å². The summed E-state index contributed by atoms with van der Waals surface area (Å²) >= 11 is 1.95. The maximum atomic E-state index is 6.34. The first-order valence-electron chi connectivity index (χ1n) is 20.9. The van der Waals surface area contributed by atoms with Crippen LogP contribution >= 0.6 is 11.3 Å². The van der Waals surface area contributed by atoms with Gasteiger partial charge in [-0.25, -0.2) is 0 Å². The van der Waals surface area contributed by atoms with Gasteiger partial charge in [-0.3, -0.25) is 0 Å². The lowest BCUT2D eigenvalue weighted by molar-refractivity contribution is 0.397. The van der Waals surface area contributed by atoms with Gasteiger partial charge in [0.1, 0.15) is 22.3 Å². The molecule has 2 aliphatic rings. The zero-order valence-corrected chi connectivity index (χ0v) is 34.0. The summed E-state index contributed by atoms with van der Waals surface area (Å²) in [5.41, 5.74) is 16.4. The number of hydrogen-bond acceptors (Lipinski definition) is 3. The summed E-state index contributed by atoms with van der Waals surface area (Å²) in [4.78, 5) is 0. The zero-order valence-electron chi connectivity index (χ0n) is 33.2. The van der Waals surface area contributed by atoms with Crippen molar-refractivity contribution in [2.24, 2.45) is 5.92 Å². The molecule has 284 valence electrons. The summed E-state index contributed by atoms with van der Waals surface area (Å²) in [6.45, 7) is 4.93. The molecule has 13 rings (SSSR count). The van der Waals surface area contributed by atoms with Gasteiger partial charge >= 0.3 is 0 Å². The molecule has 60 heavy (non-hydrogen) atoms. The van der Waals surface area contributed by atoms with Crippen molar-refractivity contribution in [2.45, 2.75) is 25.2 Å². The topological polar surface area (TPSA) is 26.3 Å². The minimum atomic E-state index is -0.0533. The molecule has 2 atom stereocenters. The van der Waals surface area contributed by atoms with Gasteiger partial charge in [0.2, 0.25) is 0 Å². The van der Waals surface area contributed by atoms with Crippen molar-refractivity contribution in [2.75, 3.05) is 0 Å². The van der Waals surface area contributed by atoms with Crippen molar-refractivity contribution in [3.8, 4) is 33.4 Å². The highest BCUT2D eigenvalue weighted by atomic mass is 32.1. The molecule has 0 aliphatic heterocycles. The van der Waals surface area contributed by atoms with Gasteiger partial charge in [-0.05, 0) is 128 Å². The van der Waals surface area contributed by atoms with Crippen LogP contribution in [0.1, 0.15) is 36.5 Å². The lowest BCUT2D eigenvalue weighted by Crippen LogP contribution is -2.25. The first kappa shape index (κ1) is 34.0. The van der Waals surface area contributed by atoms with Crippen LogP contribution in [0.4, 0.5) is 0 Å². The third kappa shape index (κ3) is 4.99. The Hall–Kier alpha value is -6.94. The number of fused-ring (bicyclic) bond motifs is 13. The molecular formula is C57H38O2S. The second-order valence-electron chi connectivity index (χ2n) is 17.3. The molecule has 0 N–H and O–H groups in total. The van der Waals surface area contributed by atoms with Crippen LogP contribution < -0.4 is 0 Å². The Morgan fingerprint density at radius 1 is 0.450 bits per heavy atom. The molecule has 2 aliphatic carbocycles. The number of allylic oxidation sites excluding steroid dienone is 4. The van der Waals surface area contributed by atoms with Crippen LogP contribution in [0.2, 0.25) is 0 Å². The number of rotatable bonds is 4. The van der Waals surface area contributed by atoms with Gasteiger partial charge in [0.05, 0.1) is 0 Å².